The number of aryl methyl sites for hydroxylation is 3. The fourth-order valence-electron chi connectivity index (χ4n) is 2.55. The molecule has 0 amide bonds. The van der Waals surface area contributed by atoms with Crippen molar-refractivity contribution in [1.29, 1.82) is 0 Å². The van der Waals surface area contributed by atoms with Crippen molar-refractivity contribution < 1.29 is 4.79 Å². The van der Waals surface area contributed by atoms with Crippen LogP contribution in [0.4, 0.5) is 0 Å². The summed E-state index contributed by atoms with van der Waals surface area (Å²) in [5.41, 5.74) is 4.91. The predicted octanol–water partition coefficient (Wildman–Crippen LogP) is 5.45. The zero-order chi connectivity index (χ0) is 14.9. The van der Waals surface area contributed by atoms with E-state index >= 15 is 0 Å². The molecule has 20 heavy (non-hydrogen) atoms. The van der Waals surface area contributed by atoms with Gasteiger partial charge in [-0.25, -0.2) is 0 Å². The summed E-state index contributed by atoms with van der Waals surface area (Å²) in [4.78, 5) is 12.5. The summed E-state index contributed by atoms with van der Waals surface area (Å²) in [5.74, 6) is 0.115. The molecule has 0 aromatic heterocycles. The van der Waals surface area contributed by atoms with E-state index in [2.05, 4.69) is 15.9 Å². The van der Waals surface area contributed by atoms with E-state index in [0.29, 0.717) is 11.4 Å². The van der Waals surface area contributed by atoms with E-state index in [1.54, 1.807) is 0 Å². The molecule has 2 aromatic carbocycles. The Hall–Kier alpha value is -1.12. The highest BCUT2D eigenvalue weighted by Crippen LogP contribution is 2.24. The van der Waals surface area contributed by atoms with Crippen molar-refractivity contribution in [3.63, 3.8) is 0 Å². The van der Waals surface area contributed by atoms with Gasteiger partial charge in [-0.15, -0.1) is 0 Å². The van der Waals surface area contributed by atoms with Crippen molar-refractivity contribution in [2.45, 2.75) is 27.2 Å². The normalized spacial score (nSPS) is 10.7. The molecule has 1 nitrogen and oxygen atoms in total. The second kappa shape index (κ2) is 6.11. The van der Waals surface area contributed by atoms with Crippen LogP contribution in [0.1, 0.15) is 32.6 Å². The van der Waals surface area contributed by atoms with Crippen molar-refractivity contribution in [2.24, 2.45) is 0 Å². The van der Waals surface area contributed by atoms with Crippen LogP contribution in [0.15, 0.2) is 34.8 Å². The third-order valence-corrected chi connectivity index (χ3v) is 4.17. The average molecular weight is 352 g/mol. The number of carbonyl (C=O) groups excluding carboxylic acids is 1. The van der Waals surface area contributed by atoms with Crippen LogP contribution >= 0.6 is 27.5 Å². The Balaban J connectivity index is 2.33. The highest BCUT2D eigenvalue weighted by atomic mass is 79.9. The van der Waals surface area contributed by atoms with Gasteiger partial charge in [0.2, 0.25) is 0 Å². The van der Waals surface area contributed by atoms with Gasteiger partial charge >= 0.3 is 0 Å². The van der Waals surface area contributed by atoms with Crippen LogP contribution in [0.2, 0.25) is 5.02 Å². The monoisotopic (exact) mass is 350 g/mol. The first kappa shape index (κ1) is 15.3. The van der Waals surface area contributed by atoms with Crippen molar-refractivity contribution in [2.75, 3.05) is 0 Å². The molecule has 0 fully saturated rings. The minimum absolute atomic E-state index is 0.115. The standard InChI is InChI=1S/C17H16BrClO/c1-10-6-11(2)17(12(3)7-10)16(20)8-13-4-5-14(18)9-15(13)19/h4-7,9H,8H2,1-3H3. The van der Waals surface area contributed by atoms with E-state index in [1.165, 1.54) is 5.56 Å². The van der Waals surface area contributed by atoms with Crippen LogP contribution in [0.5, 0.6) is 0 Å². The molecule has 2 aromatic rings. The molecule has 3 heteroatoms. The van der Waals surface area contributed by atoms with Crippen molar-refractivity contribution in [1.82, 2.24) is 0 Å². The number of rotatable bonds is 3. The van der Waals surface area contributed by atoms with Crippen LogP contribution < -0.4 is 0 Å². The van der Waals surface area contributed by atoms with Gasteiger partial charge in [0.05, 0.1) is 0 Å². The van der Waals surface area contributed by atoms with E-state index in [9.17, 15) is 4.79 Å². The van der Waals surface area contributed by atoms with Crippen LogP contribution in [0, 0.1) is 20.8 Å². The van der Waals surface area contributed by atoms with Gasteiger partial charge < -0.3 is 0 Å². The van der Waals surface area contributed by atoms with Crippen LogP contribution in [-0.4, -0.2) is 5.78 Å². The molecule has 0 N–H and O–H groups in total. The molecule has 0 aliphatic heterocycles. The molecular formula is C17H16BrClO. The van der Waals surface area contributed by atoms with E-state index in [-0.39, 0.29) is 5.78 Å². The van der Waals surface area contributed by atoms with E-state index in [4.69, 9.17) is 11.6 Å². The molecule has 0 saturated heterocycles. The highest BCUT2D eigenvalue weighted by molar-refractivity contribution is 9.10. The summed E-state index contributed by atoms with van der Waals surface area (Å²) in [6, 6.07) is 9.71. The van der Waals surface area contributed by atoms with Gasteiger partial charge in [0.1, 0.15) is 0 Å². The largest absolute Gasteiger partial charge is 0.294 e. The average Bonchev–Trinajstić information content (AvgIpc) is 2.31. The topological polar surface area (TPSA) is 17.1 Å². The summed E-state index contributed by atoms with van der Waals surface area (Å²) in [6.07, 6.45) is 0.330. The molecule has 0 saturated carbocycles. The smallest absolute Gasteiger partial charge is 0.167 e. The molecule has 0 aliphatic carbocycles. The molecule has 0 aliphatic rings. The quantitative estimate of drug-likeness (QED) is 0.672. The Bertz CT molecular complexity index is 654. The second-order valence-corrected chi connectivity index (χ2v) is 6.43. The summed E-state index contributed by atoms with van der Waals surface area (Å²) >= 11 is 9.55. The number of carbonyl (C=O) groups is 1. The van der Waals surface area contributed by atoms with Gasteiger partial charge in [-0.3, -0.25) is 4.79 Å². The highest BCUT2D eigenvalue weighted by Gasteiger charge is 2.15. The SMILES string of the molecule is Cc1cc(C)c(C(=O)Cc2ccc(Br)cc2Cl)c(C)c1. The molecule has 0 spiro atoms. The van der Waals surface area contributed by atoms with Crippen LogP contribution in [-0.2, 0) is 6.42 Å². The third-order valence-electron chi connectivity index (χ3n) is 3.32. The van der Waals surface area contributed by atoms with E-state index in [0.717, 1.165) is 26.7 Å². The van der Waals surface area contributed by atoms with Gasteiger partial charge in [-0.1, -0.05) is 51.3 Å². The van der Waals surface area contributed by atoms with Gasteiger partial charge in [0.15, 0.2) is 5.78 Å². The molecule has 0 radical (unpaired) electrons. The first-order chi connectivity index (χ1) is 9.38. The lowest BCUT2D eigenvalue weighted by Crippen LogP contribution is -2.08. The minimum Gasteiger partial charge on any atom is -0.294 e. The molecule has 2 rings (SSSR count). The molecule has 0 bridgehead atoms. The zero-order valence-electron chi connectivity index (χ0n) is 11.8. The maximum Gasteiger partial charge on any atom is 0.167 e. The molecule has 104 valence electrons. The van der Waals surface area contributed by atoms with E-state index in [1.807, 2.05) is 51.1 Å². The van der Waals surface area contributed by atoms with Crippen LogP contribution in [0.3, 0.4) is 0 Å². The fourth-order valence-corrected chi connectivity index (χ4v) is 3.29. The third kappa shape index (κ3) is 3.31. The van der Waals surface area contributed by atoms with E-state index < -0.39 is 0 Å². The van der Waals surface area contributed by atoms with Crippen molar-refractivity contribution >= 4 is 33.3 Å². The summed E-state index contributed by atoms with van der Waals surface area (Å²) in [7, 11) is 0. The van der Waals surface area contributed by atoms with Crippen molar-refractivity contribution in [3.8, 4) is 0 Å². The summed E-state index contributed by atoms with van der Waals surface area (Å²) in [6.45, 7) is 6.01. The minimum atomic E-state index is 0.115. The van der Waals surface area contributed by atoms with Gasteiger partial charge in [0.25, 0.3) is 0 Å². The lowest BCUT2D eigenvalue weighted by atomic mass is 9.93. The Morgan fingerprint density at radius 3 is 2.25 bits per heavy atom. The van der Waals surface area contributed by atoms with Gasteiger partial charge in [-0.2, -0.15) is 0 Å². The number of benzene rings is 2. The zero-order valence-corrected chi connectivity index (χ0v) is 14.1. The number of hydrogen-bond acceptors (Lipinski definition) is 1. The Morgan fingerprint density at radius 2 is 1.70 bits per heavy atom. The Morgan fingerprint density at radius 1 is 1.10 bits per heavy atom. The number of halogens is 2. The molecule has 0 atom stereocenters. The Labute approximate surface area is 133 Å². The number of hydrogen-bond donors (Lipinski definition) is 0. The predicted molar refractivity (Wildman–Crippen MR) is 87.8 cm³/mol. The first-order valence-electron chi connectivity index (χ1n) is 6.43. The van der Waals surface area contributed by atoms with Crippen molar-refractivity contribution in [3.05, 3.63) is 67.6 Å². The van der Waals surface area contributed by atoms with Gasteiger partial charge in [-0.05, 0) is 49.6 Å². The molecular weight excluding hydrogens is 336 g/mol. The maximum atomic E-state index is 12.5. The van der Waals surface area contributed by atoms with Gasteiger partial charge in [0, 0.05) is 21.5 Å². The summed E-state index contributed by atoms with van der Waals surface area (Å²) in [5, 5.41) is 0.621. The summed E-state index contributed by atoms with van der Waals surface area (Å²) < 4.78 is 0.918. The lowest BCUT2D eigenvalue weighted by Gasteiger charge is -2.11. The molecule has 0 heterocycles. The maximum absolute atomic E-state index is 12.5. The number of ketones is 1. The van der Waals surface area contributed by atoms with Crippen LogP contribution in [0.25, 0.3) is 0 Å². The fraction of sp³-hybridized carbons (Fsp3) is 0.235. The second-order valence-electron chi connectivity index (χ2n) is 5.11. The number of Topliss-reactive ketones (excluding diaryl/α,β-unsaturated/α-hetero) is 1. The Kier molecular flexibility index (Phi) is 4.66. The lowest BCUT2D eigenvalue weighted by molar-refractivity contribution is 0.0992. The first-order valence-corrected chi connectivity index (χ1v) is 7.60. The molecule has 0 unspecified atom stereocenters.